The highest BCUT2D eigenvalue weighted by Crippen LogP contribution is 2.09. The zero-order chi connectivity index (χ0) is 27.3. The summed E-state index contributed by atoms with van der Waals surface area (Å²) in [4.78, 5) is 54.0. The summed E-state index contributed by atoms with van der Waals surface area (Å²) in [7, 11) is 0. The Morgan fingerprint density at radius 2 is 1.44 bits per heavy atom. The molecule has 0 radical (unpaired) electrons. The standard InChI is InChI=1S/C24H39N7O5/c1-14(2)12-18(22(34)31-19(23(35)36)13-16-8-5-4-6-9-16)30-21(33)17(29-20(32)15(3)25)10-7-11-28-24(26)27/h4-6,8-9,14-15,17-19H,7,10-13,25H2,1-3H3,(H,29,32)(H,30,33)(H,31,34)(H,35,36)(H4,26,27,28). The minimum atomic E-state index is -1.19. The Morgan fingerprint density at radius 1 is 0.889 bits per heavy atom. The Kier molecular flexibility index (Phi) is 12.9. The third kappa shape index (κ3) is 11.6. The SMILES string of the molecule is CC(C)CC(NC(=O)C(CCCN=C(N)N)NC(=O)C(C)N)C(=O)NC(Cc1ccccc1)C(=O)O. The molecule has 10 N–H and O–H groups in total. The molecule has 4 atom stereocenters. The molecule has 0 aliphatic heterocycles. The van der Waals surface area contributed by atoms with E-state index in [1.165, 1.54) is 6.92 Å². The maximum absolute atomic E-state index is 13.1. The number of aliphatic imine (C=N–C) groups is 1. The molecule has 0 saturated heterocycles. The van der Waals surface area contributed by atoms with Crippen LogP contribution in [0.3, 0.4) is 0 Å². The summed E-state index contributed by atoms with van der Waals surface area (Å²) in [6.07, 6.45) is 0.927. The highest BCUT2D eigenvalue weighted by Gasteiger charge is 2.30. The molecule has 0 spiro atoms. The van der Waals surface area contributed by atoms with Gasteiger partial charge in [-0.1, -0.05) is 44.2 Å². The average Bonchev–Trinajstić information content (AvgIpc) is 2.79. The molecule has 0 heterocycles. The van der Waals surface area contributed by atoms with Crippen LogP contribution >= 0.6 is 0 Å². The van der Waals surface area contributed by atoms with E-state index in [0.717, 1.165) is 5.56 Å². The molecule has 36 heavy (non-hydrogen) atoms. The second-order valence-electron chi connectivity index (χ2n) is 9.08. The van der Waals surface area contributed by atoms with Crippen molar-refractivity contribution in [3.63, 3.8) is 0 Å². The summed E-state index contributed by atoms with van der Waals surface area (Å²) >= 11 is 0. The second kappa shape index (κ2) is 15.4. The smallest absolute Gasteiger partial charge is 0.326 e. The van der Waals surface area contributed by atoms with E-state index in [0.29, 0.717) is 6.42 Å². The molecule has 0 fully saturated rings. The van der Waals surface area contributed by atoms with E-state index in [-0.39, 0.29) is 37.7 Å². The van der Waals surface area contributed by atoms with Crippen molar-refractivity contribution < 1.29 is 24.3 Å². The Balaban J connectivity index is 2.98. The molecule has 12 nitrogen and oxygen atoms in total. The number of amides is 3. The van der Waals surface area contributed by atoms with Gasteiger partial charge in [-0.3, -0.25) is 19.4 Å². The number of carboxylic acids is 1. The van der Waals surface area contributed by atoms with Crippen LogP contribution in [0, 0.1) is 5.92 Å². The quantitative estimate of drug-likeness (QED) is 0.0908. The molecule has 1 aromatic carbocycles. The third-order valence-corrected chi connectivity index (χ3v) is 5.23. The number of rotatable bonds is 15. The number of carbonyl (C=O) groups is 4. The predicted molar refractivity (Wildman–Crippen MR) is 137 cm³/mol. The summed E-state index contributed by atoms with van der Waals surface area (Å²) in [5, 5.41) is 17.4. The lowest BCUT2D eigenvalue weighted by atomic mass is 10.0. The fourth-order valence-corrected chi connectivity index (χ4v) is 3.37. The molecule has 0 saturated carbocycles. The van der Waals surface area contributed by atoms with Gasteiger partial charge in [0.25, 0.3) is 0 Å². The molecule has 0 aromatic heterocycles. The van der Waals surface area contributed by atoms with Crippen LogP contribution in [0.15, 0.2) is 35.3 Å². The molecule has 0 aliphatic carbocycles. The molecule has 3 amide bonds. The van der Waals surface area contributed by atoms with E-state index < -0.39 is 47.9 Å². The van der Waals surface area contributed by atoms with Gasteiger partial charge in [0.1, 0.15) is 18.1 Å². The Labute approximate surface area is 211 Å². The zero-order valence-electron chi connectivity index (χ0n) is 21.1. The van der Waals surface area contributed by atoms with Gasteiger partial charge in [0.2, 0.25) is 17.7 Å². The van der Waals surface area contributed by atoms with Gasteiger partial charge in [-0.05, 0) is 37.7 Å². The monoisotopic (exact) mass is 505 g/mol. The normalized spacial score (nSPS) is 14.1. The van der Waals surface area contributed by atoms with Crippen molar-refractivity contribution in [1.82, 2.24) is 16.0 Å². The van der Waals surface area contributed by atoms with Crippen LogP contribution in [0.5, 0.6) is 0 Å². The zero-order valence-corrected chi connectivity index (χ0v) is 21.1. The van der Waals surface area contributed by atoms with Crippen LogP contribution in [-0.4, -0.2) is 65.5 Å². The second-order valence-corrected chi connectivity index (χ2v) is 9.08. The highest BCUT2D eigenvalue weighted by atomic mass is 16.4. The van der Waals surface area contributed by atoms with Crippen molar-refractivity contribution in [1.29, 1.82) is 0 Å². The third-order valence-electron chi connectivity index (χ3n) is 5.23. The molecule has 0 bridgehead atoms. The Hall–Kier alpha value is -3.67. The number of hydrogen-bond donors (Lipinski definition) is 7. The van der Waals surface area contributed by atoms with Crippen molar-refractivity contribution in [2.45, 2.75) is 70.6 Å². The molecule has 4 unspecified atom stereocenters. The molecular formula is C24H39N7O5. The summed E-state index contributed by atoms with van der Waals surface area (Å²) in [5.41, 5.74) is 17.0. The van der Waals surface area contributed by atoms with Gasteiger partial charge < -0.3 is 38.3 Å². The van der Waals surface area contributed by atoms with E-state index in [1.54, 1.807) is 24.3 Å². The van der Waals surface area contributed by atoms with E-state index in [2.05, 4.69) is 20.9 Å². The van der Waals surface area contributed by atoms with Gasteiger partial charge in [-0.25, -0.2) is 4.79 Å². The number of aliphatic carboxylic acids is 1. The molecule has 1 rings (SSSR count). The lowest BCUT2D eigenvalue weighted by Gasteiger charge is -2.26. The first-order chi connectivity index (χ1) is 16.9. The summed E-state index contributed by atoms with van der Waals surface area (Å²) in [6, 6.07) is 4.88. The minimum absolute atomic E-state index is 0.0115. The van der Waals surface area contributed by atoms with Gasteiger partial charge >= 0.3 is 5.97 Å². The number of carbonyl (C=O) groups excluding carboxylic acids is 3. The number of carboxylic acid groups (broad SMARTS) is 1. The van der Waals surface area contributed by atoms with Crippen LogP contribution < -0.4 is 33.2 Å². The van der Waals surface area contributed by atoms with Gasteiger partial charge in [0, 0.05) is 13.0 Å². The Bertz CT molecular complexity index is 901. The number of guanidine groups is 1. The van der Waals surface area contributed by atoms with Crippen LogP contribution in [0.2, 0.25) is 0 Å². The Morgan fingerprint density at radius 3 is 1.97 bits per heavy atom. The van der Waals surface area contributed by atoms with Gasteiger partial charge in [0.05, 0.1) is 6.04 Å². The van der Waals surface area contributed by atoms with Crippen molar-refractivity contribution in [3.05, 3.63) is 35.9 Å². The molecular weight excluding hydrogens is 466 g/mol. The summed E-state index contributed by atoms with van der Waals surface area (Å²) in [6.45, 7) is 5.47. The maximum atomic E-state index is 13.1. The van der Waals surface area contributed by atoms with Crippen LogP contribution in [0.25, 0.3) is 0 Å². The maximum Gasteiger partial charge on any atom is 0.326 e. The number of nitrogens with zero attached hydrogens (tertiary/aromatic N) is 1. The number of benzene rings is 1. The summed E-state index contributed by atoms with van der Waals surface area (Å²) in [5.74, 6) is -3.02. The topological polar surface area (TPSA) is 215 Å². The number of nitrogens with two attached hydrogens (primary N) is 3. The minimum Gasteiger partial charge on any atom is -0.480 e. The molecule has 1 aromatic rings. The van der Waals surface area contributed by atoms with Crippen molar-refractivity contribution in [2.24, 2.45) is 28.1 Å². The van der Waals surface area contributed by atoms with E-state index in [9.17, 15) is 24.3 Å². The highest BCUT2D eigenvalue weighted by molar-refractivity contribution is 5.94. The predicted octanol–water partition coefficient (Wildman–Crippen LogP) is -0.785. The number of nitrogens with one attached hydrogen (secondary N) is 3. The molecule has 12 heteroatoms. The molecule has 0 aliphatic rings. The lowest BCUT2D eigenvalue weighted by Crippen LogP contribution is -2.57. The van der Waals surface area contributed by atoms with Gasteiger partial charge in [-0.15, -0.1) is 0 Å². The number of hydrogen-bond acceptors (Lipinski definition) is 6. The first kappa shape index (κ1) is 30.4. The first-order valence-electron chi connectivity index (χ1n) is 11.9. The van der Waals surface area contributed by atoms with E-state index in [1.807, 2.05) is 19.9 Å². The fourth-order valence-electron chi connectivity index (χ4n) is 3.37. The van der Waals surface area contributed by atoms with Crippen LogP contribution in [0.1, 0.15) is 45.6 Å². The van der Waals surface area contributed by atoms with Crippen LogP contribution in [-0.2, 0) is 25.6 Å². The fraction of sp³-hybridized carbons (Fsp3) is 0.542. The average molecular weight is 506 g/mol. The van der Waals surface area contributed by atoms with Gasteiger partial charge in [-0.2, -0.15) is 0 Å². The van der Waals surface area contributed by atoms with Crippen LogP contribution in [0.4, 0.5) is 0 Å². The van der Waals surface area contributed by atoms with Crippen molar-refractivity contribution >= 4 is 29.7 Å². The lowest BCUT2D eigenvalue weighted by molar-refractivity contribution is -0.142. The van der Waals surface area contributed by atoms with E-state index >= 15 is 0 Å². The van der Waals surface area contributed by atoms with Crippen molar-refractivity contribution in [3.8, 4) is 0 Å². The van der Waals surface area contributed by atoms with E-state index in [4.69, 9.17) is 17.2 Å². The largest absolute Gasteiger partial charge is 0.480 e. The van der Waals surface area contributed by atoms with Crippen molar-refractivity contribution in [2.75, 3.05) is 6.54 Å². The summed E-state index contributed by atoms with van der Waals surface area (Å²) < 4.78 is 0. The molecule has 200 valence electrons. The first-order valence-corrected chi connectivity index (χ1v) is 11.9. The van der Waals surface area contributed by atoms with Gasteiger partial charge in [0.15, 0.2) is 5.96 Å².